The average molecular weight is 430 g/mol. The number of morpholine rings is 1. The molecule has 31 heavy (non-hydrogen) atoms. The summed E-state index contributed by atoms with van der Waals surface area (Å²) in [5.74, 6) is 1.29. The topological polar surface area (TPSA) is 62.3 Å². The quantitative estimate of drug-likeness (QED) is 0.720. The number of carbonyl (C=O) groups is 2. The van der Waals surface area contributed by atoms with Gasteiger partial charge in [0, 0.05) is 50.4 Å². The standard InChI is InChI=1S/C24H35N3O4/c1-18(2)25-11-13-26(14-12-25)24(29)19-3-7-21(8-4-19)31-22-9-5-20(6-10-22)27-15-16-30-17-23(27)28/h5-6,9-10,18-19,21H,3-4,7-8,11-17H2,1-2H3/t19-,21-. The second kappa shape index (κ2) is 10.0. The first-order valence-corrected chi connectivity index (χ1v) is 11.7. The Kier molecular flexibility index (Phi) is 7.13. The number of anilines is 1. The van der Waals surface area contributed by atoms with Crippen molar-refractivity contribution in [2.75, 3.05) is 50.8 Å². The molecular weight excluding hydrogens is 394 g/mol. The zero-order valence-electron chi connectivity index (χ0n) is 18.8. The average Bonchev–Trinajstić information content (AvgIpc) is 2.80. The molecule has 7 heteroatoms. The summed E-state index contributed by atoms with van der Waals surface area (Å²) >= 11 is 0. The van der Waals surface area contributed by atoms with Crippen molar-refractivity contribution in [3.8, 4) is 5.75 Å². The Bertz CT molecular complexity index is 751. The highest BCUT2D eigenvalue weighted by atomic mass is 16.5. The molecule has 0 bridgehead atoms. The molecule has 0 N–H and O–H groups in total. The molecule has 0 radical (unpaired) electrons. The van der Waals surface area contributed by atoms with Crippen LogP contribution < -0.4 is 9.64 Å². The van der Waals surface area contributed by atoms with Crippen LogP contribution in [0.1, 0.15) is 39.5 Å². The van der Waals surface area contributed by atoms with E-state index in [2.05, 4.69) is 23.6 Å². The van der Waals surface area contributed by atoms with E-state index in [4.69, 9.17) is 9.47 Å². The molecule has 4 rings (SSSR count). The van der Waals surface area contributed by atoms with Crippen molar-refractivity contribution in [1.82, 2.24) is 9.80 Å². The first-order valence-electron chi connectivity index (χ1n) is 11.7. The molecule has 0 spiro atoms. The second-order valence-corrected chi connectivity index (χ2v) is 9.14. The molecule has 2 amide bonds. The maximum absolute atomic E-state index is 12.9. The monoisotopic (exact) mass is 429 g/mol. The molecule has 0 aromatic heterocycles. The highest BCUT2D eigenvalue weighted by molar-refractivity contribution is 5.94. The summed E-state index contributed by atoms with van der Waals surface area (Å²) in [5, 5.41) is 0. The van der Waals surface area contributed by atoms with Gasteiger partial charge in [-0.2, -0.15) is 0 Å². The van der Waals surface area contributed by atoms with Crippen molar-refractivity contribution in [1.29, 1.82) is 0 Å². The van der Waals surface area contributed by atoms with Crippen LogP contribution in [0, 0.1) is 5.92 Å². The minimum absolute atomic E-state index is 0.00599. The number of benzene rings is 1. The minimum Gasteiger partial charge on any atom is -0.490 e. The summed E-state index contributed by atoms with van der Waals surface area (Å²) in [6.07, 6.45) is 3.76. The summed E-state index contributed by atoms with van der Waals surface area (Å²) in [7, 11) is 0. The van der Waals surface area contributed by atoms with Gasteiger partial charge in [-0.25, -0.2) is 0 Å². The van der Waals surface area contributed by atoms with Crippen molar-refractivity contribution < 1.29 is 19.1 Å². The Morgan fingerprint density at radius 3 is 2.29 bits per heavy atom. The Morgan fingerprint density at radius 1 is 1.00 bits per heavy atom. The van der Waals surface area contributed by atoms with E-state index in [1.165, 1.54) is 0 Å². The van der Waals surface area contributed by atoms with Crippen LogP contribution in [0.15, 0.2) is 24.3 Å². The maximum atomic E-state index is 12.9. The van der Waals surface area contributed by atoms with Crippen molar-refractivity contribution in [2.24, 2.45) is 5.92 Å². The van der Waals surface area contributed by atoms with Crippen molar-refractivity contribution >= 4 is 17.5 Å². The van der Waals surface area contributed by atoms with Crippen LogP contribution in [-0.4, -0.2) is 79.7 Å². The van der Waals surface area contributed by atoms with Gasteiger partial charge in [0.25, 0.3) is 5.91 Å². The molecule has 2 heterocycles. The first-order chi connectivity index (χ1) is 15.0. The number of rotatable bonds is 5. The fraction of sp³-hybridized carbons (Fsp3) is 0.667. The van der Waals surface area contributed by atoms with E-state index in [1.54, 1.807) is 4.90 Å². The maximum Gasteiger partial charge on any atom is 0.253 e. The van der Waals surface area contributed by atoms with E-state index in [0.717, 1.165) is 63.3 Å². The molecule has 0 unspecified atom stereocenters. The molecule has 1 aromatic carbocycles. The van der Waals surface area contributed by atoms with E-state index in [1.807, 2.05) is 24.3 Å². The van der Waals surface area contributed by atoms with Crippen LogP contribution in [0.5, 0.6) is 5.75 Å². The van der Waals surface area contributed by atoms with Gasteiger partial charge in [-0.15, -0.1) is 0 Å². The van der Waals surface area contributed by atoms with E-state index in [0.29, 0.717) is 25.1 Å². The van der Waals surface area contributed by atoms with Gasteiger partial charge in [-0.3, -0.25) is 14.5 Å². The Hall–Kier alpha value is -2.12. The number of hydrogen-bond donors (Lipinski definition) is 0. The molecule has 3 fully saturated rings. The lowest BCUT2D eigenvalue weighted by atomic mass is 9.86. The van der Waals surface area contributed by atoms with E-state index in [9.17, 15) is 9.59 Å². The minimum atomic E-state index is -0.00599. The lowest BCUT2D eigenvalue weighted by Gasteiger charge is -2.39. The van der Waals surface area contributed by atoms with E-state index in [-0.39, 0.29) is 24.5 Å². The molecular formula is C24H35N3O4. The molecule has 2 saturated heterocycles. The van der Waals surface area contributed by atoms with Crippen LogP contribution in [0.25, 0.3) is 0 Å². The summed E-state index contributed by atoms with van der Waals surface area (Å²) in [6, 6.07) is 8.29. The number of nitrogens with zero attached hydrogens (tertiary/aromatic N) is 3. The zero-order valence-corrected chi connectivity index (χ0v) is 18.8. The van der Waals surface area contributed by atoms with Crippen molar-refractivity contribution in [3.05, 3.63) is 24.3 Å². The van der Waals surface area contributed by atoms with Gasteiger partial charge in [0.15, 0.2) is 0 Å². The zero-order chi connectivity index (χ0) is 21.8. The lowest BCUT2D eigenvalue weighted by molar-refractivity contribution is -0.139. The fourth-order valence-corrected chi connectivity index (χ4v) is 4.83. The predicted octanol–water partition coefficient (Wildman–Crippen LogP) is 2.54. The number of hydrogen-bond acceptors (Lipinski definition) is 5. The predicted molar refractivity (Wildman–Crippen MR) is 119 cm³/mol. The van der Waals surface area contributed by atoms with E-state index < -0.39 is 0 Å². The molecule has 1 saturated carbocycles. The van der Waals surface area contributed by atoms with Gasteiger partial charge in [-0.05, 0) is 63.8 Å². The number of carbonyl (C=O) groups excluding carboxylic acids is 2. The summed E-state index contributed by atoms with van der Waals surface area (Å²) in [5.41, 5.74) is 0.882. The normalized spacial score (nSPS) is 25.7. The van der Waals surface area contributed by atoms with Gasteiger partial charge in [0.2, 0.25) is 5.91 Å². The SMILES string of the molecule is CC(C)N1CCN(C(=O)[C@H]2CC[C@H](Oc3ccc(N4CCOCC4=O)cc3)CC2)CC1. The third kappa shape index (κ3) is 5.39. The van der Waals surface area contributed by atoms with Gasteiger partial charge < -0.3 is 19.3 Å². The third-order valence-corrected chi connectivity index (χ3v) is 6.82. The molecule has 1 aliphatic carbocycles. The summed E-state index contributed by atoms with van der Waals surface area (Å²) < 4.78 is 11.4. The Labute approximate surface area is 185 Å². The lowest BCUT2D eigenvalue weighted by Crippen LogP contribution is -2.52. The fourth-order valence-electron chi connectivity index (χ4n) is 4.83. The van der Waals surface area contributed by atoms with Crippen LogP contribution in [0.2, 0.25) is 0 Å². The summed E-state index contributed by atoms with van der Waals surface area (Å²) in [6.45, 7) is 9.40. The second-order valence-electron chi connectivity index (χ2n) is 9.14. The van der Waals surface area contributed by atoms with Crippen molar-refractivity contribution in [3.63, 3.8) is 0 Å². The van der Waals surface area contributed by atoms with Gasteiger partial charge in [0.05, 0.1) is 12.7 Å². The highest BCUT2D eigenvalue weighted by Crippen LogP contribution is 2.30. The Balaban J connectivity index is 1.23. The van der Waals surface area contributed by atoms with Gasteiger partial charge in [0.1, 0.15) is 12.4 Å². The molecule has 0 atom stereocenters. The van der Waals surface area contributed by atoms with Crippen LogP contribution >= 0.6 is 0 Å². The molecule has 2 aliphatic heterocycles. The van der Waals surface area contributed by atoms with Crippen LogP contribution in [0.3, 0.4) is 0 Å². The van der Waals surface area contributed by atoms with Crippen molar-refractivity contribution in [2.45, 2.75) is 51.7 Å². The smallest absolute Gasteiger partial charge is 0.253 e. The highest BCUT2D eigenvalue weighted by Gasteiger charge is 2.32. The summed E-state index contributed by atoms with van der Waals surface area (Å²) in [4.78, 5) is 31.2. The molecule has 3 aliphatic rings. The van der Waals surface area contributed by atoms with Crippen LogP contribution in [0.4, 0.5) is 5.69 Å². The van der Waals surface area contributed by atoms with Gasteiger partial charge in [-0.1, -0.05) is 0 Å². The Morgan fingerprint density at radius 2 is 1.68 bits per heavy atom. The number of amides is 2. The van der Waals surface area contributed by atoms with E-state index >= 15 is 0 Å². The molecule has 7 nitrogen and oxygen atoms in total. The third-order valence-electron chi connectivity index (χ3n) is 6.82. The molecule has 170 valence electrons. The first kappa shape index (κ1) is 22.1. The number of piperazine rings is 1. The molecule has 1 aromatic rings. The van der Waals surface area contributed by atoms with Crippen LogP contribution in [-0.2, 0) is 14.3 Å². The number of ether oxygens (including phenoxy) is 2. The largest absolute Gasteiger partial charge is 0.490 e. The van der Waals surface area contributed by atoms with Gasteiger partial charge >= 0.3 is 0 Å².